The molecule has 1 fully saturated rings. The first kappa shape index (κ1) is 6.64. The molecule has 1 aliphatic rings. The van der Waals surface area contributed by atoms with Gasteiger partial charge in [-0.25, -0.2) is 0 Å². The topological polar surface area (TPSA) is 0 Å². The number of allylic oxidation sites excluding steroid dienone is 1. The Bertz CT molecular complexity index is 140. The molecule has 0 bridgehead atoms. The second-order valence-electron chi connectivity index (χ2n) is 3.11. The first-order valence-electron chi connectivity index (χ1n) is 3.61. The molecule has 0 heteroatoms. The molecular weight excluding hydrogens is 108 g/mol. The smallest absolute Gasteiger partial charge is 0.0127 e. The summed E-state index contributed by atoms with van der Waals surface area (Å²) in [5.74, 6) is 2.55. The van der Waals surface area contributed by atoms with Crippen LogP contribution < -0.4 is 0 Å². The van der Waals surface area contributed by atoms with Crippen molar-refractivity contribution in [1.82, 2.24) is 0 Å². The van der Waals surface area contributed by atoms with E-state index in [-0.39, 0.29) is 0 Å². The number of hydrogen-bond acceptors (Lipinski definition) is 0. The van der Waals surface area contributed by atoms with E-state index in [0.29, 0.717) is 0 Å². The van der Waals surface area contributed by atoms with Crippen LogP contribution in [0, 0.1) is 17.8 Å². The van der Waals surface area contributed by atoms with Gasteiger partial charge in [-0.2, -0.15) is 0 Å². The minimum atomic E-state index is 0.775. The lowest BCUT2D eigenvalue weighted by Crippen LogP contribution is -2.30. The summed E-state index contributed by atoms with van der Waals surface area (Å²) in [6.45, 7) is 8.16. The van der Waals surface area contributed by atoms with Gasteiger partial charge in [0, 0.05) is 0 Å². The predicted octanol–water partition coefficient (Wildman–Crippen LogP) is 2.62. The standard InChI is InChI=1S/C9H14/c1-4-5-9-6-7(2)8(9)3/h5,7-9H,1,6H2,2-3H3. The minimum absolute atomic E-state index is 0.775. The van der Waals surface area contributed by atoms with Crippen molar-refractivity contribution < 1.29 is 0 Å². The van der Waals surface area contributed by atoms with Gasteiger partial charge in [-0.05, 0) is 30.3 Å². The molecule has 0 aromatic rings. The van der Waals surface area contributed by atoms with E-state index in [4.69, 9.17) is 0 Å². The van der Waals surface area contributed by atoms with E-state index in [1.54, 1.807) is 0 Å². The SMILES string of the molecule is C=C=CC1CC(C)C1C. The fraction of sp³-hybridized carbons (Fsp3) is 0.667. The molecule has 0 aliphatic heterocycles. The molecule has 0 aromatic carbocycles. The van der Waals surface area contributed by atoms with E-state index in [0.717, 1.165) is 17.8 Å². The summed E-state index contributed by atoms with van der Waals surface area (Å²) < 4.78 is 0. The molecule has 3 atom stereocenters. The van der Waals surface area contributed by atoms with Gasteiger partial charge in [0.2, 0.25) is 0 Å². The third-order valence-corrected chi connectivity index (χ3v) is 2.55. The maximum absolute atomic E-state index is 3.56. The van der Waals surface area contributed by atoms with E-state index >= 15 is 0 Å². The molecule has 1 aliphatic carbocycles. The van der Waals surface area contributed by atoms with Gasteiger partial charge in [0.15, 0.2) is 0 Å². The fourth-order valence-electron chi connectivity index (χ4n) is 1.46. The Morgan fingerprint density at radius 1 is 1.56 bits per heavy atom. The van der Waals surface area contributed by atoms with Gasteiger partial charge in [0.1, 0.15) is 0 Å². The molecule has 0 saturated heterocycles. The summed E-state index contributed by atoms with van der Waals surface area (Å²) in [6.07, 6.45) is 3.44. The maximum Gasteiger partial charge on any atom is -0.0127 e. The van der Waals surface area contributed by atoms with Crippen molar-refractivity contribution in [1.29, 1.82) is 0 Å². The summed E-state index contributed by atoms with van der Waals surface area (Å²) in [4.78, 5) is 0. The van der Waals surface area contributed by atoms with E-state index in [1.165, 1.54) is 6.42 Å². The molecule has 1 saturated carbocycles. The number of rotatable bonds is 1. The highest BCUT2D eigenvalue weighted by Crippen LogP contribution is 2.40. The summed E-state index contributed by atoms with van der Waals surface area (Å²) in [5, 5.41) is 0. The van der Waals surface area contributed by atoms with Crippen LogP contribution in [0.5, 0.6) is 0 Å². The summed E-state index contributed by atoms with van der Waals surface area (Å²) in [5.41, 5.74) is 2.85. The van der Waals surface area contributed by atoms with Crippen molar-refractivity contribution in [3.63, 3.8) is 0 Å². The molecule has 0 heterocycles. The van der Waals surface area contributed by atoms with Gasteiger partial charge in [-0.1, -0.05) is 20.4 Å². The second-order valence-corrected chi connectivity index (χ2v) is 3.11. The third-order valence-electron chi connectivity index (χ3n) is 2.55. The molecule has 0 aromatic heterocycles. The van der Waals surface area contributed by atoms with Crippen LogP contribution in [0.4, 0.5) is 0 Å². The highest BCUT2D eigenvalue weighted by molar-refractivity contribution is 4.96. The summed E-state index contributed by atoms with van der Waals surface area (Å²) >= 11 is 0. The quantitative estimate of drug-likeness (QED) is 0.469. The van der Waals surface area contributed by atoms with Crippen LogP contribution >= 0.6 is 0 Å². The summed E-state index contributed by atoms with van der Waals surface area (Å²) in [7, 11) is 0. The minimum Gasteiger partial charge on any atom is -0.133 e. The maximum atomic E-state index is 3.56. The molecule has 0 radical (unpaired) electrons. The van der Waals surface area contributed by atoms with Crippen molar-refractivity contribution in [3.05, 3.63) is 18.4 Å². The molecule has 9 heavy (non-hydrogen) atoms. The first-order chi connectivity index (χ1) is 4.25. The molecule has 0 amide bonds. The first-order valence-corrected chi connectivity index (χ1v) is 3.61. The Labute approximate surface area is 57.3 Å². The van der Waals surface area contributed by atoms with Gasteiger partial charge in [-0.3, -0.25) is 0 Å². The molecule has 3 unspecified atom stereocenters. The lowest BCUT2D eigenvalue weighted by molar-refractivity contribution is 0.145. The van der Waals surface area contributed by atoms with Crippen molar-refractivity contribution >= 4 is 0 Å². The van der Waals surface area contributed by atoms with Crippen molar-refractivity contribution in [2.75, 3.05) is 0 Å². The number of hydrogen-bond donors (Lipinski definition) is 0. The molecule has 0 spiro atoms. The Morgan fingerprint density at radius 2 is 2.22 bits per heavy atom. The third kappa shape index (κ3) is 1.09. The fourth-order valence-corrected chi connectivity index (χ4v) is 1.46. The molecule has 0 N–H and O–H groups in total. The zero-order chi connectivity index (χ0) is 6.85. The van der Waals surface area contributed by atoms with E-state index < -0.39 is 0 Å². The van der Waals surface area contributed by atoms with Crippen LogP contribution in [0.1, 0.15) is 20.3 Å². The summed E-state index contributed by atoms with van der Waals surface area (Å²) in [6, 6.07) is 0. The van der Waals surface area contributed by atoms with Gasteiger partial charge in [0.25, 0.3) is 0 Å². The van der Waals surface area contributed by atoms with E-state index in [2.05, 4.69) is 32.2 Å². The molecule has 50 valence electrons. The highest BCUT2D eigenvalue weighted by Gasteiger charge is 2.31. The van der Waals surface area contributed by atoms with E-state index in [1.807, 2.05) is 0 Å². The Kier molecular flexibility index (Phi) is 1.78. The van der Waals surface area contributed by atoms with Gasteiger partial charge in [-0.15, -0.1) is 5.73 Å². The van der Waals surface area contributed by atoms with E-state index in [9.17, 15) is 0 Å². The van der Waals surface area contributed by atoms with Crippen LogP contribution in [0.2, 0.25) is 0 Å². The largest absolute Gasteiger partial charge is 0.133 e. The van der Waals surface area contributed by atoms with Gasteiger partial charge in [0.05, 0.1) is 0 Å². The average molecular weight is 122 g/mol. The average Bonchev–Trinajstić information content (AvgIpc) is 1.88. The van der Waals surface area contributed by atoms with Crippen LogP contribution in [0.15, 0.2) is 18.4 Å². The van der Waals surface area contributed by atoms with Crippen molar-refractivity contribution in [2.45, 2.75) is 20.3 Å². The van der Waals surface area contributed by atoms with Crippen molar-refractivity contribution in [2.24, 2.45) is 17.8 Å². The van der Waals surface area contributed by atoms with Gasteiger partial charge < -0.3 is 0 Å². The highest BCUT2D eigenvalue weighted by atomic mass is 14.4. The molecule has 1 rings (SSSR count). The Morgan fingerprint density at radius 3 is 2.56 bits per heavy atom. The zero-order valence-electron chi connectivity index (χ0n) is 6.22. The van der Waals surface area contributed by atoms with Crippen LogP contribution in [-0.2, 0) is 0 Å². The zero-order valence-corrected chi connectivity index (χ0v) is 6.22. The lowest BCUT2D eigenvalue weighted by atomic mass is 9.67. The van der Waals surface area contributed by atoms with Crippen LogP contribution in [0.3, 0.4) is 0 Å². The van der Waals surface area contributed by atoms with Crippen LogP contribution in [-0.4, -0.2) is 0 Å². The normalized spacial score (nSPS) is 40.9. The monoisotopic (exact) mass is 122 g/mol. The molecular formula is C9H14. The lowest BCUT2D eigenvalue weighted by Gasteiger charge is -2.38. The van der Waals surface area contributed by atoms with Crippen molar-refractivity contribution in [3.8, 4) is 0 Å². The molecule has 0 nitrogen and oxygen atoms in total. The second kappa shape index (κ2) is 2.41. The Hall–Kier alpha value is -0.480. The Balaban J connectivity index is 2.42. The van der Waals surface area contributed by atoms with Crippen LogP contribution in [0.25, 0.3) is 0 Å². The van der Waals surface area contributed by atoms with Gasteiger partial charge >= 0.3 is 0 Å². The predicted molar refractivity (Wildman–Crippen MR) is 40.1 cm³/mol.